The van der Waals surface area contributed by atoms with Crippen LogP contribution < -0.4 is 0 Å². The van der Waals surface area contributed by atoms with Crippen LogP contribution >= 0.6 is 11.3 Å². The molecule has 1 saturated heterocycles. The van der Waals surface area contributed by atoms with E-state index in [0.717, 1.165) is 37.4 Å². The van der Waals surface area contributed by atoms with Crippen molar-refractivity contribution in [1.82, 2.24) is 14.5 Å². The number of rotatable bonds is 3. The molecule has 1 fully saturated rings. The summed E-state index contributed by atoms with van der Waals surface area (Å²) >= 11 is 1.64. The van der Waals surface area contributed by atoms with Crippen molar-refractivity contribution in [2.24, 2.45) is 0 Å². The Morgan fingerprint density at radius 1 is 1.50 bits per heavy atom. The molecule has 0 aromatic carbocycles. The van der Waals surface area contributed by atoms with E-state index in [1.807, 2.05) is 11.7 Å². The average molecular weight is 263 g/mol. The van der Waals surface area contributed by atoms with E-state index in [1.54, 1.807) is 11.3 Å². The summed E-state index contributed by atoms with van der Waals surface area (Å²) in [5.74, 6) is 1.11. The Hall–Kier alpha value is -1.20. The van der Waals surface area contributed by atoms with Gasteiger partial charge in [0.05, 0.1) is 17.3 Å². The predicted octanol–water partition coefficient (Wildman–Crippen LogP) is 2.67. The number of aromatic nitrogens is 3. The first kappa shape index (κ1) is 11.9. The Labute approximate surface area is 111 Å². The van der Waals surface area contributed by atoms with Crippen LogP contribution in [-0.4, -0.2) is 27.2 Å². The molecule has 3 heterocycles. The highest BCUT2D eigenvalue weighted by molar-refractivity contribution is 7.07. The second kappa shape index (κ2) is 5.20. The standard InChI is InChI=1S/C13H17N3OS/c1-10-6-12(2-5-17-10)16-4-3-14-13(16)7-11-8-18-9-15-11/h3-4,8-10,12H,2,5-7H2,1H3/t10-,12-/m0/s1. The first-order valence-electron chi connectivity index (χ1n) is 6.33. The van der Waals surface area contributed by atoms with Crippen molar-refractivity contribution in [2.75, 3.05) is 6.61 Å². The van der Waals surface area contributed by atoms with Gasteiger partial charge in [-0.05, 0) is 19.8 Å². The van der Waals surface area contributed by atoms with Gasteiger partial charge in [-0.1, -0.05) is 0 Å². The van der Waals surface area contributed by atoms with Gasteiger partial charge in [-0.15, -0.1) is 11.3 Å². The molecule has 0 unspecified atom stereocenters. The first-order chi connectivity index (χ1) is 8.83. The molecule has 2 aromatic rings. The van der Waals surface area contributed by atoms with Crippen LogP contribution in [0.3, 0.4) is 0 Å². The van der Waals surface area contributed by atoms with Crippen molar-refractivity contribution in [3.8, 4) is 0 Å². The normalized spacial score (nSPS) is 24.3. The van der Waals surface area contributed by atoms with Crippen LogP contribution in [0.5, 0.6) is 0 Å². The maximum atomic E-state index is 5.61. The summed E-state index contributed by atoms with van der Waals surface area (Å²) in [6.45, 7) is 2.99. The SMILES string of the molecule is C[C@H]1C[C@@H](n2ccnc2Cc2cscn2)CCO1. The molecular weight excluding hydrogens is 246 g/mol. The van der Waals surface area contributed by atoms with Crippen LogP contribution in [0.4, 0.5) is 0 Å². The van der Waals surface area contributed by atoms with Gasteiger partial charge in [-0.3, -0.25) is 0 Å². The summed E-state index contributed by atoms with van der Waals surface area (Å²) in [6, 6.07) is 0.518. The van der Waals surface area contributed by atoms with Crippen molar-refractivity contribution in [3.05, 3.63) is 34.8 Å². The van der Waals surface area contributed by atoms with E-state index in [4.69, 9.17) is 4.74 Å². The molecule has 0 N–H and O–H groups in total. The fraction of sp³-hybridized carbons (Fsp3) is 0.538. The van der Waals surface area contributed by atoms with Crippen molar-refractivity contribution in [3.63, 3.8) is 0 Å². The molecule has 2 aromatic heterocycles. The molecule has 0 radical (unpaired) electrons. The van der Waals surface area contributed by atoms with Gasteiger partial charge in [0, 0.05) is 36.8 Å². The predicted molar refractivity (Wildman–Crippen MR) is 70.8 cm³/mol. The summed E-state index contributed by atoms with van der Waals surface area (Å²) in [6.07, 6.45) is 7.29. The number of thiazole rings is 1. The second-order valence-electron chi connectivity index (χ2n) is 4.77. The zero-order valence-electron chi connectivity index (χ0n) is 10.5. The highest BCUT2D eigenvalue weighted by atomic mass is 32.1. The maximum Gasteiger partial charge on any atom is 0.114 e. The van der Waals surface area contributed by atoms with Crippen LogP contribution in [-0.2, 0) is 11.2 Å². The van der Waals surface area contributed by atoms with E-state index in [0.29, 0.717) is 12.1 Å². The fourth-order valence-corrected chi connectivity index (χ4v) is 3.09. The largest absolute Gasteiger partial charge is 0.378 e. The molecule has 0 saturated carbocycles. The Balaban J connectivity index is 1.78. The lowest BCUT2D eigenvalue weighted by Gasteiger charge is -2.29. The molecule has 0 aliphatic carbocycles. The van der Waals surface area contributed by atoms with E-state index in [2.05, 4.69) is 33.0 Å². The fourth-order valence-electron chi connectivity index (χ4n) is 2.53. The minimum atomic E-state index is 0.346. The van der Waals surface area contributed by atoms with E-state index in [9.17, 15) is 0 Å². The lowest BCUT2D eigenvalue weighted by atomic mass is 10.0. The van der Waals surface area contributed by atoms with E-state index in [-0.39, 0.29) is 0 Å². The summed E-state index contributed by atoms with van der Waals surface area (Å²) < 4.78 is 7.91. The Morgan fingerprint density at radius 2 is 2.44 bits per heavy atom. The van der Waals surface area contributed by atoms with E-state index < -0.39 is 0 Å². The third-order valence-electron chi connectivity index (χ3n) is 3.42. The third kappa shape index (κ3) is 2.47. The van der Waals surface area contributed by atoms with Crippen molar-refractivity contribution in [2.45, 2.75) is 38.3 Å². The molecule has 0 bridgehead atoms. The van der Waals surface area contributed by atoms with Crippen LogP contribution in [0.1, 0.15) is 37.3 Å². The maximum absolute atomic E-state index is 5.61. The number of nitrogens with zero attached hydrogens (tertiary/aromatic N) is 3. The first-order valence-corrected chi connectivity index (χ1v) is 7.27. The Morgan fingerprint density at radius 3 is 3.22 bits per heavy atom. The average Bonchev–Trinajstić information content (AvgIpc) is 3.01. The van der Waals surface area contributed by atoms with Crippen molar-refractivity contribution < 1.29 is 4.74 Å². The minimum absolute atomic E-state index is 0.346. The lowest BCUT2D eigenvalue weighted by molar-refractivity contribution is 0.00548. The minimum Gasteiger partial charge on any atom is -0.378 e. The monoisotopic (exact) mass is 263 g/mol. The molecule has 0 amide bonds. The van der Waals surface area contributed by atoms with Gasteiger partial charge in [0.15, 0.2) is 0 Å². The zero-order chi connectivity index (χ0) is 12.4. The van der Waals surface area contributed by atoms with Gasteiger partial charge in [0.2, 0.25) is 0 Å². The highest BCUT2D eigenvalue weighted by Gasteiger charge is 2.22. The summed E-state index contributed by atoms with van der Waals surface area (Å²) in [7, 11) is 0. The summed E-state index contributed by atoms with van der Waals surface area (Å²) in [4.78, 5) is 8.81. The second-order valence-corrected chi connectivity index (χ2v) is 5.49. The van der Waals surface area contributed by atoms with Crippen molar-refractivity contribution in [1.29, 1.82) is 0 Å². The molecule has 0 spiro atoms. The number of imidazole rings is 1. The van der Waals surface area contributed by atoms with Gasteiger partial charge in [-0.25, -0.2) is 9.97 Å². The molecule has 96 valence electrons. The van der Waals surface area contributed by atoms with Gasteiger partial charge in [0.1, 0.15) is 5.82 Å². The quantitative estimate of drug-likeness (QED) is 0.854. The van der Waals surface area contributed by atoms with Crippen LogP contribution in [0.15, 0.2) is 23.3 Å². The third-order valence-corrected chi connectivity index (χ3v) is 4.06. The number of hydrogen-bond acceptors (Lipinski definition) is 4. The number of ether oxygens (including phenoxy) is 1. The lowest BCUT2D eigenvalue weighted by Crippen LogP contribution is -2.26. The molecule has 18 heavy (non-hydrogen) atoms. The van der Waals surface area contributed by atoms with Gasteiger partial charge in [-0.2, -0.15) is 0 Å². The molecule has 2 atom stereocenters. The molecule has 1 aliphatic heterocycles. The van der Waals surface area contributed by atoms with Crippen LogP contribution in [0.2, 0.25) is 0 Å². The van der Waals surface area contributed by atoms with Gasteiger partial charge < -0.3 is 9.30 Å². The summed E-state index contributed by atoms with van der Waals surface area (Å²) in [5, 5.41) is 2.09. The highest BCUT2D eigenvalue weighted by Crippen LogP contribution is 2.26. The number of hydrogen-bond donors (Lipinski definition) is 0. The topological polar surface area (TPSA) is 39.9 Å². The van der Waals surface area contributed by atoms with Crippen molar-refractivity contribution >= 4 is 11.3 Å². The molecule has 4 nitrogen and oxygen atoms in total. The Kier molecular flexibility index (Phi) is 3.43. The zero-order valence-corrected chi connectivity index (χ0v) is 11.3. The van der Waals surface area contributed by atoms with Crippen LogP contribution in [0, 0.1) is 0 Å². The van der Waals surface area contributed by atoms with E-state index in [1.165, 1.54) is 0 Å². The smallest absolute Gasteiger partial charge is 0.114 e. The van der Waals surface area contributed by atoms with Gasteiger partial charge >= 0.3 is 0 Å². The summed E-state index contributed by atoms with van der Waals surface area (Å²) in [5.41, 5.74) is 2.98. The molecule has 5 heteroatoms. The van der Waals surface area contributed by atoms with E-state index >= 15 is 0 Å². The molecular formula is C13H17N3OS. The molecule has 1 aliphatic rings. The van der Waals surface area contributed by atoms with Crippen LogP contribution in [0.25, 0.3) is 0 Å². The molecule has 3 rings (SSSR count). The Bertz CT molecular complexity index is 494. The van der Waals surface area contributed by atoms with Gasteiger partial charge in [0.25, 0.3) is 0 Å².